The van der Waals surface area contributed by atoms with E-state index in [9.17, 15) is 9.18 Å². The maximum Gasteiger partial charge on any atom is 0.311 e. The monoisotopic (exact) mass is 404 g/mol. The molecule has 3 aromatic heterocycles. The third-order valence-corrected chi connectivity index (χ3v) is 5.11. The van der Waals surface area contributed by atoms with E-state index in [0.29, 0.717) is 17.0 Å². The van der Waals surface area contributed by atoms with Gasteiger partial charge in [0.1, 0.15) is 5.82 Å². The highest BCUT2D eigenvalue weighted by Gasteiger charge is 2.15. The summed E-state index contributed by atoms with van der Waals surface area (Å²) in [7, 11) is 0. The van der Waals surface area contributed by atoms with E-state index in [4.69, 9.17) is 4.42 Å². The first-order valence-corrected chi connectivity index (χ1v) is 9.59. The van der Waals surface area contributed by atoms with E-state index in [1.807, 2.05) is 40.4 Å². The molecule has 29 heavy (non-hydrogen) atoms. The number of halogens is 1. The van der Waals surface area contributed by atoms with Crippen LogP contribution in [0.15, 0.2) is 76.9 Å². The highest BCUT2D eigenvalue weighted by molar-refractivity contribution is 7.15. The molecular formula is C21H13FN4O2S. The summed E-state index contributed by atoms with van der Waals surface area (Å²) in [4.78, 5) is 22.0. The number of imidazole rings is 1. The number of hydrogen-bond donors (Lipinski definition) is 1. The predicted molar refractivity (Wildman–Crippen MR) is 108 cm³/mol. The van der Waals surface area contributed by atoms with E-state index in [-0.39, 0.29) is 11.7 Å². The zero-order chi connectivity index (χ0) is 19.8. The normalized spacial score (nSPS) is 11.1. The van der Waals surface area contributed by atoms with Crippen molar-refractivity contribution < 1.29 is 13.6 Å². The van der Waals surface area contributed by atoms with Crippen LogP contribution in [0.1, 0.15) is 10.7 Å². The Morgan fingerprint density at radius 2 is 2.00 bits per heavy atom. The Morgan fingerprint density at radius 3 is 2.83 bits per heavy atom. The van der Waals surface area contributed by atoms with Gasteiger partial charge in [-0.05, 0) is 36.4 Å². The second-order valence-electron chi connectivity index (χ2n) is 6.29. The van der Waals surface area contributed by atoms with Crippen LogP contribution in [0.5, 0.6) is 0 Å². The van der Waals surface area contributed by atoms with Crippen molar-refractivity contribution in [3.05, 3.63) is 84.2 Å². The van der Waals surface area contributed by atoms with Crippen LogP contribution in [-0.2, 0) is 0 Å². The zero-order valence-corrected chi connectivity index (χ0v) is 15.7. The SMILES string of the molecule is O=C(Nc1cccc(-c2cn3ccsc3n2)c1)c1ncc(-c2ccc(F)cc2)o1. The molecule has 2 aromatic carbocycles. The number of nitrogens with one attached hydrogen (secondary N) is 1. The van der Waals surface area contributed by atoms with Crippen LogP contribution in [0.2, 0.25) is 0 Å². The lowest BCUT2D eigenvalue weighted by atomic mass is 10.1. The van der Waals surface area contributed by atoms with Gasteiger partial charge in [-0.15, -0.1) is 11.3 Å². The molecular weight excluding hydrogens is 391 g/mol. The summed E-state index contributed by atoms with van der Waals surface area (Å²) in [6, 6.07) is 13.2. The molecule has 0 fully saturated rings. The second kappa shape index (κ2) is 6.99. The van der Waals surface area contributed by atoms with Crippen molar-refractivity contribution >= 4 is 27.9 Å². The van der Waals surface area contributed by atoms with Crippen molar-refractivity contribution in [2.24, 2.45) is 0 Å². The molecule has 0 bridgehead atoms. The van der Waals surface area contributed by atoms with E-state index in [1.165, 1.54) is 18.3 Å². The average molecular weight is 404 g/mol. The Kier molecular flexibility index (Phi) is 4.18. The van der Waals surface area contributed by atoms with Gasteiger partial charge in [0.2, 0.25) is 0 Å². The first-order chi connectivity index (χ1) is 14.2. The van der Waals surface area contributed by atoms with Crippen LogP contribution in [0.3, 0.4) is 0 Å². The maximum absolute atomic E-state index is 13.1. The number of rotatable bonds is 4. The molecule has 5 aromatic rings. The molecule has 0 unspecified atom stereocenters. The van der Waals surface area contributed by atoms with Gasteiger partial charge in [0.25, 0.3) is 5.89 Å². The molecule has 0 aliphatic carbocycles. The Hall–Kier alpha value is -3.78. The largest absolute Gasteiger partial charge is 0.432 e. The van der Waals surface area contributed by atoms with Crippen LogP contribution in [0.4, 0.5) is 10.1 Å². The molecule has 0 saturated heterocycles. The molecule has 8 heteroatoms. The number of fused-ring (bicyclic) bond motifs is 1. The standard InChI is InChI=1S/C21H13FN4O2S/c22-15-6-4-13(5-7-15)18-11-23-20(28-18)19(27)24-16-3-1-2-14(10-16)17-12-26-8-9-29-21(26)25-17/h1-12H,(H,24,27). The molecule has 142 valence electrons. The van der Waals surface area contributed by atoms with Crippen molar-refractivity contribution in [3.63, 3.8) is 0 Å². The minimum Gasteiger partial charge on any atom is -0.432 e. The molecule has 0 atom stereocenters. The van der Waals surface area contributed by atoms with Crippen LogP contribution in [0.25, 0.3) is 27.5 Å². The first kappa shape index (κ1) is 17.3. The minimum atomic E-state index is -0.471. The van der Waals surface area contributed by atoms with Gasteiger partial charge in [-0.25, -0.2) is 14.4 Å². The zero-order valence-electron chi connectivity index (χ0n) is 14.9. The maximum atomic E-state index is 13.1. The molecule has 6 nitrogen and oxygen atoms in total. The smallest absolute Gasteiger partial charge is 0.311 e. The van der Waals surface area contributed by atoms with Crippen molar-refractivity contribution in [3.8, 4) is 22.6 Å². The quantitative estimate of drug-likeness (QED) is 0.452. The van der Waals surface area contributed by atoms with Gasteiger partial charge in [0.15, 0.2) is 10.7 Å². The summed E-state index contributed by atoms with van der Waals surface area (Å²) in [5.74, 6) is -0.496. The molecule has 0 saturated carbocycles. The summed E-state index contributed by atoms with van der Waals surface area (Å²) >= 11 is 1.56. The van der Waals surface area contributed by atoms with E-state index in [2.05, 4.69) is 15.3 Å². The number of hydrogen-bond acceptors (Lipinski definition) is 5. The number of benzene rings is 2. The molecule has 5 rings (SSSR count). The van der Waals surface area contributed by atoms with E-state index >= 15 is 0 Å². The topological polar surface area (TPSA) is 72.4 Å². The molecule has 0 aliphatic heterocycles. The van der Waals surface area contributed by atoms with E-state index in [0.717, 1.165) is 16.2 Å². The number of anilines is 1. The Bertz CT molecular complexity index is 1290. The van der Waals surface area contributed by atoms with Gasteiger partial charge >= 0.3 is 5.91 Å². The summed E-state index contributed by atoms with van der Waals surface area (Å²) in [5.41, 5.74) is 2.95. The number of aromatic nitrogens is 3. The lowest BCUT2D eigenvalue weighted by Gasteiger charge is -2.04. The van der Waals surface area contributed by atoms with Crippen LogP contribution >= 0.6 is 11.3 Å². The second-order valence-corrected chi connectivity index (χ2v) is 7.16. The Balaban J connectivity index is 1.36. The van der Waals surface area contributed by atoms with Gasteiger partial charge in [-0.2, -0.15) is 0 Å². The first-order valence-electron chi connectivity index (χ1n) is 8.71. The van der Waals surface area contributed by atoms with Crippen molar-refractivity contribution in [1.29, 1.82) is 0 Å². The summed E-state index contributed by atoms with van der Waals surface area (Å²) in [6.07, 6.45) is 5.33. The van der Waals surface area contributed by atoms with Crippen molar-refractivity contribution in [2.75, 3.05) is 5.32 Å². The van der Waals surface area contributed by atoms with Gasteiger partial charge < -0.3 is 9.73 Å². The average Bonchev–Trinajstić information content (AvgIpc) is 3.45. The fourth-order valence-electron chi connectivity index (χ4n) is 2.93. The third kappa shape index (κ3) is 3.41. The molecule has 3 heterocycles. The summed E-state index contributed by atoms with van der Waals surface area (Å²) in [5, 5.41) is 4.75. The minimum absolute atomic E-state index is 0.0720. The lowest BCUT2D eigenvalue weighted by Crippen LogP contribution is -2.12. The highest BCUT2D eigenvalue weighted by atomic mass is 32.1. The fraction of sp³-hybridized carbons (Fsp3) is 0. The summed E-state index contributed by atoms with van der Waals surface area (Å²) in [6.45, 7) is 0. The number of nitrogens with zero attached hydrogens (tertiary/aromatic N) is 3. The molecule has 0 spiro atoms. The number of carbonyl (C=O) groups is 1. The summed E-state index contributed by atoms with van der Waals surface area (Å²) < 4.78 is 20.5. The van der Waals surface area contributed by atoms with Gasteiger partial charge in [0, 0.05) is 34.6 Å². The van der Waals surface area contributed by atoms with Gasteiger partial charge in [-0.3, -0.25) is 9.20 Å². The number of amides is 1. The van der Waals surface area contributed by atoms with Crippen LogP contribution < -0.4 is 5.32 Å². The number of thiazole rings is 1. The molecule has 1 N–H and O–H groups in total. The predicted octanol–water partition coefficient (Wildman–Crippen LogP) is 5.11. The Morgan fingerprint density at radius 1 is 1.14 bits per heavy atom. The van der Waals surface area contributed by atoms with E-state index < -0.39 is 5.91 Å². The number of carbonyl (C=O) groups excluding carboxylic acids is 1. The lowest BCUT2D eigenvalue weighted by molar-refractivity contribution is 0.0991. The van der Waals surface area contributed by atoms with Gasteiger partial charge in [0.05, 0.1) is 11.9 Å². The van der Waals surface area contributed by atoms with Crippen LogP contribution in [0, 0.1) is 5.82 Å². The third-order valence-electron chi connectivity index (χ3n) is 4.34. The Labute approximate surface area is 168 Å². The number of oxazole rings is 1. The highest BCUT2D eigenvalue weighted by Crippen LogP contribution is 2.25. The van der Waals surface area contributed by atoms with Crippen molar-refractivity contribution in [1.82, 2.24) is 14.4 Å². The van der Waals surface area contributed by atoms with E-state index in [1.54, 1.807) is 29.5 Å². The fourth-order valence-corrected chi connectivity index (χ4v) is 3.63. The van der Waals surface area contributed by atoms with Gasteiger partial charge in [-0.1, -0.05) is 12.1 Å². The van der Waals surface area contributed by atoms with Crippen LogP contribution in [-0.4, -0.2) is 20.3 Å². The van der Waals surface area contributed by atoms with Crippen molar-refractivity contribution in [2.45, 2.75) is 0 Å². The molecule has 1 amide bonds. The molecule has 0 aliphatic rings. The molecule has 0 radical (unpaired) electrons.